The van der Waals surface area contributed by atoms with E-state index in [9.17, 15) is 4.79 Å². The largest absolute Gasteiger partial charge is 0.444 e. The number of halogens is 1. The van der Waals surface area contributed by atoms with Crippen molar-refractivity contribution in [2.24, 2.45) is 5.92 Å². The van der Waals surface area contributed by atoms with Crippen molar-refractivity contribution in [3.63, 3.8) is 0 Å². The Bertz CT molecular complexity index is 287. The van der Waals surface area contributed by atoms with Crippen LogP contribution in [0.25, 0.3) is 0 Å². The standard InChI is InChI=1S/C12H20BrNO2/c1-12(2,3)16-11(15)14-7-8-4-9(13)6-10(14)5-8/h8-10H,4-7H2,1-3H3. The summed E-state index contributed by atoms with van der Waals surface area (Å²) in [5, 5.41) is 0. The van der Waals surface area contributed by atoms with E-state index in [-0.39, 0.29) is 11.7 Å². The van der Waals surface area contributed by atoms with Crippen LogP contribution in [0, 0.1) is 5.92 Å². The molecular formula is C12H20BrNO2. The van der Waals surface area contributed by atoms with E-state index in [1.165, 1.54) is 6.42 Å². The lowest BCUT2D eigenvalue weighted by Crippen LogP contribution is -2.40. The molecule has 0 aromatic rings. The second-order valence-corrected chi connectivity index (χ2v) is 7.25. The molecule has 2 fully saturated rings. The van der Waals surface area contributed by atoms with Gasteiger partial charge in [-0.3, -0.25) is 0 Å². The topological polar surface area (TPSA) is 29.5 Å². The highest BCUT2D eigenvalue weighted by Crippen LogP contribution is 2.38. The van der Waals surface area contributed by atoms with Crippen LogP contribution in [0.15, 0.2) is 0 Å². The van der Waals surface area contributed by atoms with Crippen LogP contribution in [0.4, 0.5) is 4.79 Å². The van der Waals surface area contributed by atoms with Crippen molar-refractivity contribution >= 4 is 22.0 Å². The first-order valence-corrected chi connectivity index (χ1v) is 6.90. The second kappa shape index (κ2) is 4.21. The zero-order valence-corrected chi connectivity index (χ0v) is 11.8. The third-order valence-corrected chi connectivity index (χ3v) is 3.99. The van der Waals surface area contributed by atoms with Gasteiger partial charge in [0.25, 0.3) is 0 Å². The lowest BCUT2D eigenvalue weighted by atomic mass is 9.90. The Balaban J connectivity index is 1.98. The van der Waals surface area contributed by atoms with Crippen molar-refractivity contribution in [1.82, 2.24) is 4.90 Å². The van der Waals surface area contributed by atoms with Crippen molar-refractivity contribution in [2.75, 3.05) is 6.54 Å². The monoisotopic (exact) mass is 289 g/mol. The van der Waals surface area contributed by atoms with E-state index in [1.807, 2.05) is 25.7 Å². The summed E-state index contributed by atoms with van der Waals surface area (Å²) in [7, 11) is 0. The van der Waals surface area contributed by atoms with Gasteiger partial charge in [0.2, 0.25) is 0 Å². The van der Waals surface area contributed by atoms with Crippen LogP contribution in [-0.4, -0.2) is 34.0 Å². The van der Waals surface area contributed by atoms with Crippen molar-refractivity contribution in [1.29, 1.82) is 0 Å². The van der Waals surface area contributed by atoms with Crippen LogP contribution < -0.4 is 0 Å². The maximum absolute atomic E-state index is 12.0. The Morgan fingerprint density at radius 3 is 2.62 bits per heavy atom. The zero-order chi connectivity index (χ0) is 11.9. The van der Waals surface area contributed by atoms with E-state index in [4.69, 9.17) is 4.74 Å². The molecule has 0 N–H and O–H groups in total. The maximum Gasteiger partial charge on any atom is 0.410 e. The highest BCUT2D eigenvalue weighted by Gasteiger charge is 2.42. The Morgan fingerprint density at radius 2 is 2.00 bits per heavy atom. The first kappa shape index (κ1) is 12.2. The van der Waals surface area contributed by atoms with Gasteiger partial charge in [-0.15, -0.1) is 0 Å². The number of carbonyl (C=O) groups is 1. The van der Waals surface area contributed by atoms with Crippen LogP contribution in [0.3, 0.4) is 0 Å². The Hall–Kier alpha value is -0.250. The Labute approximate surface area is 106 Å². The number of hydrogen-bond acceptors (Lipinski definition) is 2. The van der Waals surface area contributed by atoms with Gasteiger partial charge in [0, 0.05) is 17.4 Å². The van der Waals surface area contributed by atoms with Gasteiger partial charge in [-0.05, 0) is 46.0 Å². The first-order valence-electron chi connectivity index (χ1n) is 5.99. The summed E-state index contributed by atoms with van der Waals surface area (Å²) in [5.74, 6) is 0.663. The average Bonchev–Trinajstić information content (AvgIpc) is 2.38. The van der Waals surface area contributed by atoms with Gasteiger partial charge >= 0.3 is 6.09 Å². The van der Waals surface area contributed by atoms with Crippen molar-refractivity contribution in [3.8, 4) is 0 Å². The SMILES string of the molecule is CC(C)(C)OC(=O)N1CC2CC(Br)CC1C2. The van der Waals surface area contributed by atoms with E-state index in [0.29, 0.717) is 16.8 Å². The lowest BCUT2D eigenvalue weighted by Gasteiger charge is -2.29. The predicted molar refractivity (Wildman–Crippen MR) is 66.8 cm³/mol. The molecule has 3 unspecified atom stereocenters. The molecular weight excluding hydrogens is 270 g/mol. The molecule has 3 nitrogen and oxygen atoms in total. The second-order valence-electron chi connectivity index (χ2n) is 5.96. The lowest BCUT2D eigenvalue weighted by molar-refractivity contribution is 0.0224. The third-order valence-electron chi connectivity index (χ3n) is 3.25. The van der Waals surface area contributed by atoms with Gasteiger partial charge in [-0.1, -0.05) is 15.9 Å². The molecule has 1 heterocycles. The molecule has 0 aromatic heterocycles. The molecule has 2 rings (SSSR count). The molecule has 1 saturated carbocycles. The Morgan fingerprint density at radius 1 is 1.31 bits per heavy atom. The van der Waals surface area contributed by atoms with Crippen LogP contribution in [0.2, 0.25) is 0 Å². The summed E-state index contributed by atoms with van der Waals surface area (Å²) in [4.78, 5) is 14.5. The van der Waals surface area contributed by atoms with Gasteiger partial charge in [-0.2, -0.15) is 0 Å². The minimum atomic E-state index is -0.387. The molecule has 92 valence electrons. The number of carbonyl (C=O) groups excluding carboxylic acids is 1. The van der Waals surface area contributed by atoms with Gasteiger partial charge in [0.15, 0.2) is 0 Å². The minimum absolute atomic E-state index is 0.137. The maximum atomic E-state index is 12.0. The smallest absolute Gasteiger partial charge is 0.410 e. The van der Waals surface area contributed by atoms with Gasteiger partial charge < -0.3 is 9.64 Å². The van der Waals surface area contributed by atoms with Crippen LogP contribution in [0.1, 0.15) is 40.0 Å². The molecule has 2 aliphatic rings. The summed E-state index contributed by atoms with van der Waals surface area (Å²) >= 11 is 3.67. The summed E-state index contributed by atoms with van der Waals surface area (Å²) in [6.07, 6.45) is 3.27. The highest BCUT2D eigenvalue weighted by atomic mass is 79.9. The number of amides is 1. The molecule has 16 heavy (non-hydrogen) atoms. The van der Waals surface area contributed by atoms with Gasteiger partial charge in [0.05, 0.1) is 0 Å². The van der Waals surface area contributed by atoms with Crippen molar-refractivity contribution in [3.05, 3.63) is 0 Å². The number of alkyl halides is 1. The van der Waals surface area contributed by atoms with E-state index in [2.05, 4.69) is 15.9 Å². The quantitative estimate of drug-likeness (QED) is 0.641. The van der Waals surface area contributed by atoms with Crippen LogP contribution in [0.5, 0.6) is 0 Å². The normalized spacial score (nSPS) is 34.0. The summed E-state index contributed by atoms with van der Waals surface area (Å²) in [5.41, 5.74) is -0.387. The Kier molecular flexibility index (Phi) is 3.21. The summed E-state index contributed by atoms with van der Waals surface area (Å²) in [6.45, 7) is 6.63. The van der Waals surface area contributed by atoms with E-state index < -0.39 is 0 Å². The molecule has 0 radical (unpaired) electrons. The molecule has 1 aliphatic heterocycles. The first-order chi connectivity index (χ1) is 7.35. The van der Waals surface area contributed by atoms with E-state index in [0.717, 1.165) is 19.4 Å². The van der Waals surface area contributed by atoms with Crippen molar-refractivity contribution < 1.29 is 9.53 Å². The third kappa shape index (κ3) is 2.70. The highest BCUT2D eigenvalue weighted by molar-refractivity contribution is 9.09. The zero-order valence-electron chi connectivity index (χ0n) is 10.2. The number of likely N-dealkylation sites (tertiary alicyclic amines) is 1. The molecule has 2 bridgehead atoms. The fourth-order valence-corrected chi connectivity index (χ4v) is 3.67. The van der Waals surface area contributed by atoms with Crippen molar-refractivity contribution in [2.45, 2.75) is 56.5 Å². The summed E-state index contributed by atoms with van der Waals surface area (Å²) in [6, 6.07) is 0.387. The van der Waals surface area contributed by atoms with E-state index >= 15 is 0 Å². The minimum Gasteiger partial charge on any atom is -0.444 e. The molecule has 0 aromatic carbocycles. The molecule has 3 atom stereocenters. The van der Waals surface area contributed by atoms with Gasteiger partial charge in [0.1, 0.15) is 5.60 Å². The molecule has 1 saturated heterocycles. The number of hydrogen-bond donors (Lipinski definition) is 0. The molecule has 0 spiro atoms. The average molecular weight is 290 g/mol. The fourth-order valence-electron chi connectivity index (χ4n) is 2.71. The number of ether oxygens (including phenoxy) is 1. The summed E-state index contributed by atoms with van der Waals surface area (Å²) < 4.78 is 5.44. The number of rotatable bonds is 0. The predicted octanol–water partition coefficient (Wildman–Crippen LogP) is 3.17. The molecule has 1 amide bonds. The van der Waals surface area contributed by atoms with E-state index in [1.54, 1.807) is 0 Å². The molecule has 4 heteroatoms. The fraction of sp³-hybridized carbons (Fsp3) is 0.917. The van der Waals surface area contributed by atoms with Gasteiger partial charge in [-0.25, -0.2) is 4.79 Å². The number of nitrogens with zero attached hydrogens (tertiary/aromatic N) is 1. The van der Waals surface area contributed by atoms with Crippen LogP contribution >= 0.6 is 15.9 Å². The van der Waals surface area contributed by atoms with Crippen LogP contribution in [-0.2, 0) is 4.74 Å². The molecule has 1 aliphatic carbocycles. The number of fused-ring (bicyclic) bond motifs is 2.